The highest BCUT2D eigenvalue weighted by Crippen LogP contribution is 2.26. The number of aromatic nitrogens is 3. The average molecular weight is 522 g/mol. The molecule has 8 nitrogen and oxygen atoms in total. The van der Waals surface area contributed by atoms with Crippen LogP contribution in [0.15, 0.2) is 67.1 Å². The van der Waals surface area contributed by atoms with Crippen LogP contribution in [0.25, 0.3) is 16.8 Å². The largest absolute Gasteiger partial charge is 0.444 e. The van der Waals surface area contributed by atoms with Gasteiger partial charge in [0.25, 0.3) is 5.91 Å². The summed E-state index contributed by atoms with van der Waals surface area (Å²) >= 11 is 6.25. The van der Waals surface area contributed by atoms with Crippen LogP contribution in [0.2, 0.25) is 5.02 Å². The first-order valence-corrected chi connectivity index (χ1v) is 11.7. The molecule has 0 aliphatic carbocycles. The number of hydrogen-bond acceptors (Lipinski definition) is 5. The second-order valence-electron chi connectivity index (χ2n) is 9.32. The highest BCUT2D eigenvalue weighted by Gasteiger charge is 2.18. The maximum Gasteiger partial charge on any atom is 0.412 e. The molecular weight excluding hydrogens is 497 g/mol. The van der Waals surface area contributed by atoms with Gasteiger partial charge in [-0.3, -0.25) is 10.1 Å². The van der Waals surface area contributed by atoms with Crippen LogP contribution < -0.4 is 10.6 Å². The summed E-state index contributed by atoms with van der Waals surface area (Å²) in [5.74, 6) is -0.438. The molecule has 0 bridgehead atoms. The molecule has 0 atom stereocenters. The van der Waals surface area contributed by atoms with Crippen molar-refractivity contribution in [2.24, 2.45) is 0 Å². The second kappa shape index (κ2) is 10.4. The van der Waals surface area contributed by atoms with Gasteiger partial charge in [-0.25, -0.2) is 18.9 Å². The van der Waals surface area contributed by atoms with Crippen LogP contribution >= 0.6 is 11.6 Å². The van der Waals surface area contributed by atoms with Crippen molar-refractivity contribution < 1.29 is 18.7 Å². The summed E-state index contributed by atoms with van der Waals surface area (Å²) in [4.78, 5) is 29.5. The lowest BCUT2D eigenvalue weighted by atomic mass is 10.1. The molecule has 2 N–H and O–H groups in total. The molecule has 4 aromatic rings. The van der Waals surface area contributed by atoms with Crippen LogP contribution in [0.3, 0.4) is 0 Å². The predicted octanol–water partition coefficient (Wildman–Crippen LogP) is 6.63. The van der Waals surface area contributed by atoms with Crippen molar-refractivity contribution in [3.05, 3.63) is 89.1 Å². The summed E-state index contributed by atoms with van der Waals surface area (Å²) < 4.78 is 20.1. The van der Waals surface area contributed by atoms with Gasteiger partial charge in [0.15, 0.2) is 0 Å². The number of anilines is 2. The number of halogens is 2. The van der Waals surface area contributed by atoms with Crippen LogP contribution in [0, 0.1) is 12.7 Å². The first-order chi connectivity index (χ1) is 17.5. The topological polar surface area (TPSA) is 98.1 Å². The summed E-state index contributed by atoms with van der Waals surface area (Å²) in [7, 11) is 0. The Hall–Kier alpha value is -4.24. The lowest BCUT2D eigenvalue weighted by Gasteiger charge is -2.20. The zero-order chi connectivity index (χ0) is 26.7. The van der Waals surface area contributed by atoms with E-state index in [1.54, 1.807) is 56.0 Å². The minimum Gasteiger partial charge on any atom is -0.444 e. The van der Waals surface area contributed by atoms with Crippen LogP contribution in [-0.4, -0.2) is 32.4 Å². The molecule has 0 saturated heterocycles. The normalized spacial score (nSPS) is 11.2. The first-order valence-electron chi connectivity index (χ1n) is 11.4. The Kier molecular flexibility index (Phi) is 7.26. The Balaban J connectivity index is 1.49. The highest BCUT2D eigenvalue weighted by molar-refractivity contribution is 6.34. The van der Waals surface area contributed by atoms with Gasteiger partial charge in [0.1, 0.15) is 17.2 Å². The van der Waals surface area contributed by atoms with Crippen LogP contribution in [0.4, 0.5) is 20.7 Å². The van der Waals surface area contributed by atoms with Gasteiger partial charge in [-0.1, -0.05) is 11.6 Å². The van der Waals surface area contributed by atoms with Crippen molar-refractivity contribution in [2.75, 3.05) is 10.6 Å². The van der Waals surface area contributed by atoms with Crippen molar-refractivity contribution in [3.8, 4) is 16.8 Å². The Morgan fingerprint density at radius 2 is 1.73 bits per heavy atom. The molecule has 0 aliphatic heterocycles. The van der Waals surface area contributed by atoms with E-state index in [1.807, 2.05) is 19.2 Å². The molecule has 190 valence electrons. The predicted molar refractivity (Wildman–Crippen MR) is 141 cm³/mol. The van der Waals surface area contributed by atoms with Gasteiger partial charge >= 0.3 is 6.09 Å². The van der Waals surface area contributed by atoms with E-state index in [0.717, 1.165) is 22.4 Å². The Morgan fingerprint density at radius 1 is 1.00 bits per heavy atom. The number of amides is 2. The number of aryl methyl sites for hydroxylation is 1. The van der Waals surface area contributed by atoms with Gasteiger partial charge in [0.05, 0.1) is 22.5 Å². The molecule has 0 radical (unpaired) electrons. The molecule has 4 rings (SSSR count). The molecule has 2 aromatic heterocycles. The molecule has 10 heteroatoms. The molecule has 37 heavy (non-hydrogen) atoms. The monoisotopic (exact) mass is 521 g/mol. The van der Waals surface area contributed by atoms with E-state index in [1.165, 1.54) is 24.3 Å². The average Bonchev–Trinajstić information content (AvgIpc) is 3.31. The van der Waals surface area contributed by atoms with Gasteiger partial charge in [-0.05, 0) is 81.8 Å². The van der Waals surface area contributed by atoms with E-state index in [0.29, 0.717) is 11.5 Å². The summed E-state index contributed by atoms with van der Waals surface area (Å²) in [6.07, 6.45) is 4.47. The number of nitrogens with zero attached hydrogens (tertiary/aromatic N) is 3. The Labute approximate surface area is 218 Å². The molecule has 2 aromatic carbocycles. The smallest absolute Gasteiger partial charge is 0.412 e. The fourth-order valence-corrected chi connectivity index (χ4v) is 3.65. The number of rotatable bonds is 5. The van der Waals surface area contributed by atoms with E-state index in [9.17, 15) is 14.0 Å². The van der Waals surface area contributed by atoms with E-state index in [-0.39, 0.29) is 16.4 Å². The summed E-state index contributed by atoms with van der Waals surface area (Å²) in [5, 5.41) is 9.91. The lowest BCUT2D eigenvalue weighted by molar-refractivity contribution is 0.0635. The standard InChI is InChI=1S/C27H25ClFN5O3/c1-16-11-17(18-14-31-34(15-18)21-8-5-19(29)6-9-21)13-30-24(16)33-25(35)22-12-20(7-10-23(22)28)32-26(36)37-27(2,3)4/h5-15H,1-4H3,(H,32,36)(H,30,33,35). The number of nitrogens with one attached hydrogen (secondary N) is 2. The second-order valence-corrected chi connectivity index (χ2v) is 9.72. The summed E-state index contributed by atoms with van der Waals surface area (Å²) in [5.41, 5.74) is 2.92. The zero-order valence-corrected chi connectivity index (χ0v) is 21.4. The quantitative estimate of drug-likeness (QED) is 0.307. The number of hydrogen-bond donors (Lipinski definition) is 2. The van der Waals surface area contributed by atoms with E-state index in [2.05, 4.69) is 20.7 Å². The Bertz CT molecular complexity index is 1460. The highest BCUT2D eigenvalue weighted by atomic mass is 35.5. The number of pyridine rings is 1. The molecule has 2 amide bonds. The lowest BCUT2D eigenvalue weighted by Crippen LogP contribution is -2.27. The minimum absolute atomic E-state index is 0.168. The molecule has 0 fully saturated rings. The molecular formula is C27H25ClFN5O3. The van der Waals surface area contributed by atoms with Gasteiger partial charge in [-0.2, -0.15) is 5.10 Å². The molecule has 0 saturated carbocycles. The number of ether oxygens (including phenoxy) is 1. The van der Waals surface area contributed by atoms with Crippen molar-refractivity contribution in [1.82, 2.24) is 14.8 Å². The minimum atomic E-state index is -0.661. The van der Waals surface area contributed by atoms with Crippen molar-refractivity contribution in [2.45, 2.75) is 33.3 Å². The van der Waals surface area contributed by atoms with E-state index < -0.39 is 17.6 Å². The summed E-state index contributed by atoms with van der Waals surface area (Å²) in [6, 6.07) is 12.4. The van der Waals surface area contributed by atoms with Crippen LogP contribution in [0.5, 0.6) is 0 Å². The third-order valence-corrected chi connectivity index (χ3v) is 5.50. The van der Waals surface area contributed by atoms with E-state index in [4.69, 9.17) is 16.3 Å². The van der Waals surface area contributed by atoms with Gasteiger partial charge < -0.3 is 10.1 Å². The van der Waals surface area contributed by atoms with Crippen molar-refractivity contribution in [3.63, 3.8) is 0 Å². The third kappa shape index (κ3) is 6.50. The number of carbonyl (C=O) groups excluding carboxylic acids is 2. The van der Waals surface area contributed by atoms with Crippen LogP contribution in [0.1, 0.15) is 36.7 Å². The number of benzene rings is 2. The third-order valence-electron chi connectivity index (χ3n) is 5.17. The van der Waals surface area contributed by atoms with Crippen molar-refractivity contribution >= 4 is 35.1 Å². The maximum atomic E-state index is 13.2. The van der Waals surface area contributed by atoms with Gasteiger partial charge in [0.2, 0.25) is 0 Å². The van der Waals surface area contributed by atoms with Gasteiger partial charge in [0, 0.05) is 29.2 Å². The zero-order valence-electron chi connectivity index (χ0n) is 20.7. The fraction of sp³-hybridized carbons (Fsp3) is 0.185. The number of carbonyl (C=O) groups is 2. The first kappa shape index (κ1) is 25.8. The SMILES string of the molecule is Cc1cc(-c2cnn(-c3ccc(F)cc3)c2)cnc1NC(=O)c1cc(NC(=O)OC(C)(C)C)ccc1Cl. The maximum absolute atomic E-state index is 13.2. The van der Waals surface area contributed by atoms with Crippen molar-refractivity contribution in [1.29, 1.82) is 0 Å². The molecule has 0 unspecified atom stereocenters. The molecule has 2 heterocycles. The van der Waals surface area contributed by atoms with E-state index >= 15 is 0 Å². The van der Waals surface area contributed by atoms with Crippen LogP contribution in [-0.2, 0) is 4.74 Å². The Morgan fingerprint density at radius 3 is 2.41 bits per heavy atom. The fourth-order valence-electron chi connectivity index (χ4n) is 3.44. The molecule has 0 spiro atoms. The van der Waals surface area contributed by atoms with Gasteiger partial charge in [-0.15, -0.1) is 0 Å². The summed E-state index contributed by atoms with van der Waals surface area (Å²) in [6.45, 7) is 7.08. The molecule has 0 aliphatic rings.